The third kappa shape index (κ3) is 3.23. The molecule has 1 aromatic carbocycles. The molecule has 0 aromatic heterocycles. The minimum absolute atomic E-state index is 0.00976. The van der Waals surface area contributed by atoms with Crippen LogP contribution < -0.4 is 5.32 Å². The lowest BCUT2D eigenvalue weighted by atomic mass is 10.2. The van der Waals surface area contributed by atoms with E-state index in [1.165, 1.54) is 0 Å². The second kappa shape index (κ2) is 6.33. The molecule has 0 spiro atoms. The van der Waals surface area contributed by atoms with E-state index >= 15 is 0 Å². The van der Waals surface area contributed by atoms with Gasteiger partial charge in [-0.15, -0.1) is 0 Å². The molecule has 0 unspecified atom stereocenters. The van der Waals surface area contributed by atoms with Crippen molar-refractivity contribution in [2.75, 3.05) is 25.0 Å². The maximum atomic E-state index is 13.6. The molecule has 1 N–H and O–H groups in total. The Labute approximate surface area is 116 Å². The van der Waals surface area contributed by atoms with Crippen LogP contribution in [0, 0.1) is 23.0 Å². The molecule has 0 atom stereocenters. The van der Waals surface area contributed by atoms with E-state index in [1.54, 1.807) is 11.0 Å². The Hall–Kier alpha value is -2.16. The Morgan fingerprint density at radius 1 is 1.30 bits per heavy atom. The summed E-state index contributed by atoms with van der Waals surface area (Å²) in [5.74, 6) is -1.66. The third-order valence-corrected chi connectivity index (χ3v) is 3.27. The summed E-state index contributed by atoms with van der Waals surface area (Å²) in [6.07, 6.45) is 2.22. The monoisotopic (exact) mass is 279 g/mol. The zero-order chi connectivity index (χ0) is 14.5. The molecular weight excluding hydrogens is 264 g/mol. The number of carbonyl (C=O) groups is 1. The number of rotatable bonds is 4. The van der Waals surface area contributed by atoms with E-state index in [0.29, 0.717) is 0 Å². The molecule has 1 amide bonds. The van der Waals surface area contributed by atoms with Crippen molar-refractivity contribution in [3.8, 4) is 6.07 Å². The Morgan fingerprint density at radius 3 is 2.45 bits per heavy atom. The summed E-state index contributed by atoms with van der Waals surface area (Å²) in [5.41, 5.74) is -0.364. The maximum Gasteiger partial charge on any atom is 0.224 e. The zero-order valence-corrected chi connectivity index (χ0v) is 11.0. The summed E-state index contributed by atoms with van der Waals surface area (Å²) in [7, 11) is 0. The summed E-state index contributed by atoms with van der Waals surface area (Å²) in [6.45, 7) is 1.69. The molecule has 1 aromatic rings. The molecule has 0 saturated carbocycles. The van der Waals surface area contributed by atoms with Gasteiger partial charge >= 0.3 is 0 Å². The highest BCUT2D eigenvalue weighted by atomic mass is 19.1. The van der Waals surface area contributed by atoms with Crippen molar-refractivity contribution in [2.24, 2.45) is 0 Å². The normalized spacial score (nSPS) is 14.2. The van der Waals surface area contributed by atoms with Crippen LogP contribution in [0.2, 0.25) is 0 Å². The fourth-order valence-corrected chi connectivity index (χ4v) is 2.23. The highest BCUT2D eigenvalue weighted by molar-refractivity contribution is 5.77. The Balaban J connectivity index is 1.91. The summed E-state index contributed by atoms with van der Waals surface area (Å²) in [4.78, 5) is 13.5. The standard InChI is InChI=1S/C14H15F2N3O/c15-11-7-10(9-17)8-12(16)14(11)18-4-3-13(20)19-5-1-2-6-19/h7-8,18H,1-6H2. The van der Waals surface area contributed by atoms with Crippen LogP contribution in [-0.2, 0) is 4.79 Å². The number of carbonyl (C=O) groups excluding carboxylic acids is 1. The van der Waals surface area contributed by atoms with E-state index in [4.69, 9.17) is 5.26 Å². The van der Waals surface area contributed by atoms with Gasteiger partial charge in [-0.05, 0) is 25.0 Å². The van der Waals surface area contributed by atoms with Gasteiger partial charge in [0.2, 0.25) is 5.91 Å². The highest BCUT2D eigenvalue weighted by Gasteiger charge is 2.18. The zero-order valence-electron chi connectivity index (χ0n) is 11.0. The largest absolute Gasteiger partial charge is 0.380 e. The van der Waals surface area contributed by atoms with Crippen LogP contribution in [0.4, 0.5) is 14.5 Å². The van der Waals surface area contributed by atoms with Crippen LogP contribution in [0.25, 0.3) is 0 Å². The van der Waals surface area contributed by atoms with E-state index in [2.05, 4.69) is 5.32 Å². The molecule has 1 heterocycles. The maximum absolute atomic E-state index is 13.6. The average Bonchev–Trinajstić information content (AvgIpc) is 2.95. The molecule has 1 aliphatic heterocycles. The molecule has 4 nitrogen and oxygen atoms in total. The number of amides is 1. The van der Waals surface area contributed by atoms with E-state index in [-0.39, 0.29) is 30.1 Å². The lowest BCUT2D eigenvalue weighted by Crippen LogP contribution is -2.29. The summed E-state index contributed by atoms with van der Waals surface area (Å²) < 4.78 is 27.1. The van der Waals surface area contributed by atoms with Crippen LogP contribution in [0.1, 0.15) is 24.8 Å². The number of likely N-dealkylation sites (tertiary alicyclic amines) is 1. The molecule has 2 rings (SSSR count). The molecular formula is C14H15F2N3O. The van der Waals surface area contributed by atoms with Gasteiger partial charge in [0, 0.05) is 26.1 Å². The number of hydrogen-bond acceptors (Lipinski definition) is 3. The second-order valence-corrected chi connectivity index (χ2v) is 4.69. The number of nitrogens with one attached hydrogen (secondary N) is 1. The lowest BCUT2D eigenvalue weighted by molar-refractivity contribution is -0.129. The van der Waals surface area contributed by atoms with Crippen LogP contribution in [-0.4, -0.2) is 30.4 Å². The van der Waals surface area contributed by atoms with Crippen molar-refractivity contribution < 1.29 is 13.6 Å². The van der Waals surface area contributed by atoms with Gasteiger partial charge in [0.25, 0.3) is 0 Å². The first-order valence-electron chi connectivity index (χ1n) is 6.52. The van der Waals surface area contributed by atoms with Gasteiger partial charge in [0.05, 0.1) is 11.6 Å². The first kappa shape index (κ1) is 14.3. The minimum atomic E-state index is -0.824. The van der Waals surface area contributed by atoms with Gasteiger partial charge in [-0.25, -0.2) is 8.78 Å². The fourth-order valence-electron chi connectivity index (χ4n) is 2.23. The molecule has 0 bridgehead atoms. The Morgan fingerprint density at radius 2 is 1.90 bits per heavy atom. The Bertz CT molecular complexity index is 525. The van der Waals surface area contributed by atoms with Crippen molar-refractivity contribution in [1.82, 2.24) is 4.90 Å². The minimum Gasteiger partial charge on any atom is -0.380 e. The molecule has 1 fully saturated rings. The SMILES string of the molecule is N#Cc1cc(F)c(NCCC(=O)N2CCCC2)c(F)c1. The third-order valence-electron chi connectivity index (χ3n) is 3.27. The molecule has 106 valence electrons. The van der Waals surface area contributed by atoms with E-state index < -0.39 is 11.6 Å². The van der Waals surface area contributed by atoms with Crippen LogP contribution in [0.5, 0.6) is 0 Å². The number of hydrogen-bond donors (Lipinski definition) is 1. The van der Waals surface area contributed by atoms with Gasteiger partial charge in [0.1, 0.15) is 5.69 Å². The van der Waals surface area contributed by atoms with E-state index in [1.807, 2.05) is 0 Å². The topological polar surface area (TPSA) is 56.1 Å². The van der Waals surface area contributed by atoms with Crippen molar-refractivity contribution in [3.63, 3.8) is 0 Å². The average molecular weight is 279 g/mol. The predicted molar refractivity (Wildman–Crippen MR) is 70.0 cm³/mol. The molecule has 1 aliphatic rings. The van der Waals surface area contributed by atoms with Gasteiger partial charge in [-0.2, -0.15) is 5.26 Å². The molecule has 1 saturated heterocycles. The quantitative estimate of drug-likeness (QED) is 0.919. The molecule has 0 radical (unpaired) electrons. The fraction of sp³-hybridized carbons (Fsp3) is 0.429. The first-order chi connectivity index (χ1) is 9.61. The van der Waals surface area contributed by atoms with Crippen molar-refractivity contribution in [3.05, 3.63) is 29.3 Å². The van der Waals surface area contributed by atoms with Crippen molar-refractivity contribution >= 4 is 11.6 Å². The smallest absolute Gasteiger partial charge is 0.224 e. The number of nitrogens with zero attached hydrogens (tertiary/aromatic N) is 2. The van der Waals surface area contributed by atoms with E-state index in [0.717, 1.165) is 38.1 Å². The van der Waals surface area contributed by atoms with Gasteiger partial charge in [0.15, 0.2) is 11.6 Å². The number of halogens is 2. The molecule has 20 heavy (non-hydrogen) atoms. The second-order valence-electron chi connectivity index (χ2n) is 4.69. The molecule has 6 heteroatoms. The summed E-state index contributed by atoms with van der Waals surface area (Å²) in [5, 5.41) is 11.2. The van der Waals surface area contributed by atoms with Crippen LogP contribution in [0.15, 0.2) is 12.1 Å². The molecule has 0 aliphatic carbocycles. The Kier molecular flexibility index (Phi) is 4.51. The van der Waals surface area contributed by atoms with Crippen LogP contribution in [0.3, 0.4) is 0 Å². The first-order valence-corrected chi connectivity index (χ1v) is 6.52. The number of benzene rings is 1. The van der Waals surface area contributed by atoms with Crippen LogP contribution >= 0.6 is 0 Å². The van der Waals surface area contributed by atoms with Crippen molar-refractivity contribution in [2.45, 2.75) is 19.3 Å². The highest BCUT2D eigenvalue weighted by Crippen LogP contribution is 2.20. The van der Waals surface area contributed by atoms with Gasteiger partial charge < -0.3 is 10.2 Å². The lowest BCUT2D eigenvalue weighted by Gasteiger charge is -2.15. The number of anilines is 1. The van der Waals surface area contributed by atoms with E-state index in [9.17, 15) is 13.6 Å². The van der Waals surface area contributed by atoms with Gasteiger partial charge in [-0.1, -0.05) is 0 Å². The van der Waals surface area contributed by atoms with Gasteiger partial charge in [-0.3, -0.25) is 4.79 Å². The van der Waals surface area contributed by atoms with Crippen molar-refractivity contribution in [1.29, 1.82) is 5.26 Å². The summed E-state index contributed by atoms with van der Waals surface area (Å²) in [6, 6.07) is 3.61. The number of nitriles is 1. The summed E-state index contributed by atoms with van der Waals surface area (Å²) >= 11 is 0. The predicted octanol–water partition coefficient (Wildman–Crippen LogP) is 2.26.